The van der Waals surface area contributed by atoms with Crippen LogP contribution in [0.5, 0.6) is 0 Å². The third-order valence-corrected chi connectivity index (χ3v) is 6.15. The van der Waals surface area contributed by atoms with E-state index < -0.39 is 0 Å². The normalized spacial score (nSPS) is 13.8. The van der Waals surface area contributed by atoms with Crippen molar-refractivity contribution in [2.75, 3.05) is 37.4 Å². The van der Waals surface area contributed by atoms with Gasteiger partial charge in [-0.25, -0.2) is 9.97 Å². The molecule has 0 radical (unpaired) electrons. The molecule has 0 saturated carbocycles. The van der Waals surface area contributed by atoms with Gasteiger partial charge in [-0.1, -0.05) is 23.9 Å². The quantitative estimate of drug-likeness (QED) is 0.407. The number of hydrogen-bond acceptors (Lipinski definition) is 8. The average Bonchev–Trinajstić information content (AvgIpc) is 2.71. The molecule has 3 N–H and O–H groups in total. The van der Waals surface area contributed by atoms with E-state index >= 15 is 0 Å². The van der Waals surface area contributed by atoms with E-state index in [4.69, 9.17) is 10.8 Å². The number of nitrogens with zero attached hydrogens (tertiary/aromatic N) is 4. The van der Waals surface area contributed by atoms with E-state index in [-0.39, 0.29) is 5.91 Å². The molecular weight excluding hydrogens is 422 g/mol. The molecule has 2 aromatic heterocycles. The van der Waals surface area contributed by atoms with Crippen molar-refractivity contribution < 1.29 is 4.79 Å². The lowest BCUT2D eigenvalue weighted by Crippen LogP contribution is -2.57. The minimum atomic E-state index is -0.246. The number of fused-ring (bicyclic) bond motifs is 1. The Kier molecular flexibility index (Phi) is 6.20. The zero-order valence-electron chi connectivity index (χ0n) is 18.2. The minimum absolute atomic E-state index is 0.246. The molecule has 164 valence electrons. The summed E-state index contributed by atoms with van der Waals surface area (Å²) in [7, 11) is 4.13. The summed E-state index contributed by atoms with van der Waals surface area (Å²) in [6, 6.07) is 11.4. The fourth-order valence-electron chi connectivity index (χ4n) is 3.45. The molecule has 0 aliphatic carbocycles. The van der Waals surface area contributed by atoms with E-state index in [1.54, 1.807) is 37.5 Å². The number of thioether (sulfide) groups is 1. The van der Waals surface area contributed by atoms with E-state index in [1.807, 2.05) is 18.2 Å². The number of aromatic nitrogens is 2. The highest BCUT2D eigenvalue weighted by Gasteiger charge is 2.29. The van der Waals surface area contributed by atoms with Gasteiger partial charge in [0.2, 0.25) is 0 Å². The summed E-state index contributed by atoms with van der Waals surface area (Å²) in [5.41, 5.74) is 1.25. The van der Waals surface area contributed by atoms with Gasteiger partial charge in [0, 0.05) is 48.0 Å². The molecule has 0 spiro atoms. The number of benzene rings is 1. The summed E-state index contributed by atoms with van der Waals surface area (Å²) in [4.78, 5) is 25.9. The molecular formula is C23H25N7OS. The van der Waals surface area contributed by atoms with Crippen molar-refractivity contribution in [3.8, 4) is 0 Å². The number of nitrogens with one attached hydrogen (secondary N) is 3. The molecule has 8 nitrogen and oxygen atoms in total. The van der Waals surface area contributed by atoms with Crippen molar-refractivity contribution in [1.82, 2.24) is 14.9 Å². The molecule has 0 atom stereocenters. The Balaban J connectivity index is 1.49. The van der Waals surface area contributed by atoms with Crippen LogP contribution in [0.2, 0.25) is 0 Å². The Bertz CT molecular complexity index is 1200. The molecule has 0 bridgehead atoms. The highest BCUT2D eigenvalue weighted by Crippen LogP contribution is 2.24. The molecule has 1 aliphatic rings. The van der Waals surface area contributed by atoms with Crippen LogP contribution < -0.4 is 10.2 Å². The molecule has 4 rings (SSSR count). The van der Waals surface area contributed by atoms with Crippen molar-refractivity contribution in [1.29, 1.82) is 10.8 Å². The van der Waals surface area contributed by atoms with Gasteiger partial charge in [-0.2, -0.15) is 0 Å². The fourth-order valence-corrected chi connectivity index (χ4v) is 4.00. The minimum Gasteiger partial charge on any atom is -0.353 e. The van der Waals surface area contributed by atoms with Crippen LogP contribution in [0.3, 0.4) is 0 Å². The monoisotopic (exact) mass is 447 g/mol. The molecule has 0 unspecified atom stereocenters. The second-order valence-corrected chi connectivity index (χ2v) is 9.22. The number of carbonyl (C=O) groups excluding carboxylic acids is 1. The van der Waals surface area contributed by atoms with Gasteiger partial charge in [0.05, 0.1) is 5.04 Å². The molecule has 3 aromatic rings. The van der Waals surface area contributed by atoms with Gasteiger partial charge < -0.3 is 15.1 Å². The number of carbonyl (C=O) groups is 1. The third kappa shape index (κ3) is 4.79. The molecule has 1 fully saturated rings. The molecule has 1 aliphatic heterocycles. The summed E-state index contributed by atoms with van der Waals surface area (Å²) < 4.78 is 0. The maximum Gasteiger partial charge on any atom is 0.257 e. The number of pyridine rings is 2. The number of likely N-dealkylation sites (N-methyl/N-ethyl adjacent to an activating group) is 1. The maximum absolute atomic E-state index is 12.8. The first-order valence-electron chi connectivity index (χ1n) is 10.2. The lowest BCUT2D eigenvalue weighted by molar-refractivity contribution is 0.102. The maximum atomic E-state index is 12.8. The van der Waals surface area contributed by atoms with Crippen LogP contribution in [0.4, 0.5) is 11.6 Å². The second kappa shape index (κ2) is 9.05. The van der Waals surface area contributed by atoms with Crippen LogP contribution in [-0.4, -0.2) is 64.1 Å². The van der Waals surface area contributed by atoms with E-state index in [0.29, 0.717) is 27.5 Å². The van der Waals surface area contributed by atoms with Crippen molar-refractivity contribution in [3.63, 3.8) is 0 Å². The summed E-state index contributed by atoms with van der Waals surface area (Å²) in [5.74, 6) is 0.991. The van der Waals surface area contributed by atoms with Crippen molar-refractivity contribution in [3.05, 3.63) is 59.9 Å². The lowest BCUT2D eigenvalue weighted by Gasteiger charge is -2.43. The Labute approximate surface area is 191 Å². The van der Waals surface area contributed by atoms with Crippen LogP contribution in [-0.2, 0) is 0 Å². The average molecular weight is 448 g/mol. The summed E-state index contributed by atoms with van der Waals surface area (Å²) in [6.07, 6.45) is 3.36. The van der Waals surface area contributed by atoms with E-state index in [0.717, 1.165) is 47.0 Å². The molecule has 32 heavy (non-hydrogen) atoms. The third-order valence-electron chi connectivity index (χ3n) is 5.40. The molecule has 9 heteroatoms. The van der Waals surface area contributed by atoms with E-state index in [2.05, 4.69) is 39.2 Å². The van der Waals surface area contributed by atoms with E-state index in [9.17, 15) is 4.79 Å². The second-order valence-electron chi connectivity index (χ2n) is 8.00. The Morgan fingerprint density at radius 3 is 2.59 bits per heavy atom. The zero-order valence-corrected chi connectivity index (χ0v) is 19.0. The number of amides is 1. The van der Waals surface area contributed by atoms with Crippen molar-refractivity contribution >= 4 is 50.2 Å². The van der Waals surface area contributed by atoms with Crippen LogP contribution in [0.15, 0.2) is 48.8 Å². The summed E-state index contributed by atoms with van der Waals surface area (Å²) in [6.45, 7) is 3.44. The highest BCUT2D eigenvalue weighted by molar-refractivity contribution is 8.26. The van der Waals surface area contributed by atoms with Crippen molar-refractivity contribution in [2.24, 2.45) is 0 Å². The molecule has 1 aromatic carbocycles. The first-order valence-corrected chi connectivity index (χ1v) is 11.0. The van der Waals surface area contributed by atoms with Gasteiger partial charge >= 0.3 is 0 Å². The topological polar surface area (TPSA) is 109 Å². The molecule has 1 amide bonds. The van der Waals surface area contributed by atoms with Gasteiger partial charge in [-0.05, 0) is 50.7 Å². The van der Waals surface area contributed by atoms with Crippen LogP contribution >= 0.6 is 11.8 Å². The predicted octanol–water partition coefficient (Wildman–Crippen LogP) is 3.69. The van der Waals surface area contributed by atoms with Gasteiger partial charge in [0.1, 0.15) is 16.7 Å². The van der Waals surface area contributed by atoms with Crippen LogP contribution in [0, 0.1) is 10.8 Å². The number of anilines is 2. The first-order chi connectivity index (χ1) is 15.3. The Morgan fingerprint density at radius 2 is 1.88 bits per heavy atom. The van der Waals surface area contributed by atoms with Gasteiger partial charge in [-0.3, -0.25) is 15.6 Å². The summed E-state index contributed by atoms with van der Waals surface area (Å²) >= 11 is 1.11. The van der Waals surface area contributed by atoms with Gasteiger partial charge in [-0.15, -0.1) is 0 Å². The van der Waals surface area contributed by atoms with E-state index in [1.165, 1.54) is 0 Å². The zero-order chi connectivity index (χ0) is 22.8. The number of hydrogen-bond donors (Lipinski definition) is 3. The fraction of sp³-hybridized carbons (Fsp3) is 0.261. The SMILES string of the molecule is CC(=N)SC(=N)c1ccc2cnc(NC(=O)c3ccnc(N4CC(N(C)C)C4)c3)cc2c1. The predicted molar refractivity (Wildman–Crippen MR) is 131 cm³/mol. The Hall–Kier alpha value is -3.30. The van der Waals surface area contributed by atoms with Gasteiger partial charge in [0.25, 0.3) is 5.91 Å². The molecule has 3 heterocycles. The lowest BCUT2D eigenvalue weighted by atomic mass is 10.1. The molecule has 1 saturated heterocycles. The number of rotatable bonds is 5. The largest absolute Gasteiger partial charge is 0.353 e. The van der Waals surface area contributed by atoms with Gasteiger partial charge in [0.15, 0.2) is 0 Å². The van der Waals surface area contributed by atoms with Crippen LogP contribution in [0.1, 0.15) is 22.8 Å². The Morgan fingerprint density at radius 1 is 1.09 bits per heavy atom. The van der Waals surface area contributed by atoms with Crippen LogP contribution in [0.25, 0.3) is 10.8 Å². The smallest absolute Gasteiger partial charge is 0.257 e. The summed E-state index contributed by atoms with van der Waals surface area (Å²) in [5, 5.41) is 21.0. The van der Waals surface area contributed by atoms with Crippen molar-refractivity contribution in [2.45, 2.75) is 13.0 Å². The first kappa shape index (κ1) is 21.9. The highest BCUT2D eigenvalue weighted by atomic mass is 32.2. The standard InChI is InChI=1S/C23H25N7OS/c1-14(24)32-22(25)15-4-5-17-11-27-20(9-18(17)8-15)28-23(31)16-6-7-26-21(10-16)30-12-19(13-30)29(2)3/h4-11,19,24-25H,12-13H2,1-3H3,(H,27,28,31).